The monoisotopic (exact) mass is 315 g/mol. The zero-order valence-corrected chi connectivity index (χ0v) is 12.1. The van der Waals surface area contributed by atoms with Gasteiger partial charge in [-0.25, -0.2) is 5.43 Å². The van der Waals surface area contributed by atoms with Gasteiger partial charge in [0.05, 0.1) is 16.2 Å². The van der Waals surface area contributed by atoms with Crippen molar-refractivity contribution in [2.45, 2.75) is 6.92 Å². The molecule has 0 atom stereocenters. The van der Waals surface area contributed by atoms with Crippen LogP contribution in [0.5, 0.6) is 11.5 Å². The van der Waals surface area contributed by atoms with Crippen molar-refractivity contribution < 1.29 is 19.9 Å². The molecule has 0 aliphatic heterocycles. The zero-order valence-electron chi connectivity index (χ0n) is 12.1. The summed E-state index contributed by atoms with van der Waals surface area (Å²) >= 11 is 0. The van der Waals surface area contributed by atoms with Crippen LogP contribution < -0.4 is 5.43 Å². The Morgan fingerprint density at radius 2 is 1.83 bits per heavy atom. The van der Waals surface area contributed by atoms with Crippen molar-refractivity contribution in [3.63, 3.8) is 0 Å². The first-order valence-corrected chi connectivity index (χ1v) is 6.50. The SMILES string of the molecule is C/C(=N/NC(=O)c1cc([N+](=O)[O-])ccc1O)c1ccc(O)cc1. The lowest BCUT2D eigenvalue weighted by atomic mass is 10.1. The lowest BCUT2D eigenvalue weighted by Crippen LogP contribution is -2.19. The van der Waals surface area contributed by atoms with Gasteiger partial charge in [-0.15, -0.1) is 0 Å². The molecule has 0 saturated carbocycles. The molecule has 8 heteroatoms. The van der Waals surface area contributed by atoms with Crippen LogP contribution in [0.25, 0.3) is 0 Å². The number of rotatable bonds is 4. The second kappa shape index (κ2) is 6.56. The van der Waals surface area contributed by atoms with Gasteiger partial charge in [0.2, 0.25) is 0 Å². The number of hydrogen-bond donors (Lipinski definition) is 3. The van der Waals surface area contributed by atoms with E-state index in [4.69, 9.17) is 0 Å². The molecule has 0 aromatic heterocycles. The van der Waals surface area contributed by atoms with Crippen molar-refractivity contribution >= 4 is 17.3 Å². The van der Waals surface area contributed by atoms with Crippen LogP contribution in [-0.2, 0) is 0 Å². The van der Waals surface area contributed by atoms with Gasteiger partial charge in [0.15, 0.2) is 0 Å². The van der Waals surface area contributed by atoms with Crippen LogP contribution in [0.2, 0.25) is 0 Å². The highest BCUT2D eigenvalue weighted by atomic mass is 16.6. The van der Waals surface area contributed by atoms with Gasteiger partial charge in [-0.1, -0.05) is 0 Å². The number of non-ortho nitro benzene ring substituents is 1. The van der Waals surface area contributed by atoms with Crippen LogP contribution >= 0.6 is 0 Å². The number of carbonyl (C=O) groups is 1. The van der Waals surface area contributed by atoms with E-state index in [9.17, 15) is 25.1 Å². The Kier molecular flexibility index (Phi) is 4.55. The predicted molar refractivity (Wildman–Crippen MR) is 82.5 cm³/mol. The number of hydrogen-bond acceptors (Lipinski definition) is 6. The van der Waals surface area contributed by atoms with E-state index < -0.39 is 10.8 Å². The molecule has 0 spiro atoms. The van der Waals surface area contributed by atoms with Gasteiger partial charge in [0.1, 0.15) is 11.5 Å². The summed E-state index contributed by atoms with van der Waals surface area (Å²) in [5.74, 6) is -1.05. The van der Waals surface area contributed by atoms with E-state index in [1.54, 1.807) is 19.1 Å². The summed E-state index contributed by atoms with van der Waals surface area (Å²) in [4.78, 5) is 22.0. The quantitative estimate of drug-likeness (QED) is 0.453. The minimum Gasteiger partial charge on any atom is -0.508 e. The summed E-state index contributed by atoms with van der Waals surface area (Å²) in [6, 6.07) is 9.32. The molecule has 2 rings (SSSR count). The molecule has 8 nitrogen and oxygen atoms in total. The van der Waals surface area contributed by atoms with Crippen molar-refractivity contribution in [1.82, 2.24) is 5.43 Å². The first-order chi connectivity index (χ1) is 10.9. The molecule has 0 aliphatic rings. The molecule has 0 fully saturated rings. The van der Waals surface area contributed by atoms with Crippen LogP contribution in [0, 0.1) is 10.1 Å². The molecule has 23 heavy (non-hydrogen) atoms. The summed E-state index contributed by atoms with van der Waals surface area (Å²) in [6.07, 6.45) is 0. The van der Waals surface area contributed by atoms with E-state index >= 15 is 0 Å². The molecule has 0 unspecified atom stereocenters. The maximum absolute atomic E-state index is 12.0. The number of phenolic OH excluding ortho intramolecular Hbond substituents is 2. The topological polar surface area (TPSA) is 125 Å². The Hall–Kier alpha value is -3.42. The largest absolute Gasteiger partial charge is 0.508 e. The van der Waals surface area contributed by atoms with E-state index in [0.717, 1.165) is 18.2 Å². The number of nitrogens with zero attached hydrogens (tertiary/aromatic N) is 2. The summed E-state index contributed by atoms with van der Waals surface area (Å²) in [6.45, 7) is 1.64. The van der Waals surface area contributed by atoms with Gasteiger partial charge >= 0.3 is 0 Å². The fourth-order valence-electron chi connectivity index (χ4n) is 1.78. The van der Waals surface area contributed by atoms with Crippen molar-refractivity contribution in [2.24, 2.45) is 5.10 Å². The van der Waals surface area contributed by atoms with E-state index in [2.05, 4.69) is 10.5 Å². The normalized spacial score (nSPS) is 11.1. The molecular formula is C15H13N3O5. The molecule has 0 aliphatic carbocycles. The second-order valence-corrected chi connectivity index (χ2v) is 4.64. The van der Waals surface area contributed by atoms with Gasteiger partial charge in [0, 0.05) is 12.1 Å². The van der Waals surface area contributed by atoms with Gasteiger partial charge < -0.3 is 10.2 Å². The fraction of sp³-hybridized carbons (Fsp3) is 0.0667. The lowest BCUT2D eigenvalue weighted by Gasteiger charge is -2.05. The minimum atomic E-state index is -0.774. The first-order valence-electron chi connectivity index (χ1n) is 6.50. The van der Waals surface area contributed by atoms with Crippen molar-refractivity contribution in [1.29, 1.82) is 0 Å². The number of hydrazone groups is 1. The third kappa shape index (κ3) is 3.82. The lowest BCUT2D eigenvalue weighted by molar-refractivity contribution is -0.384. The summed E-state index contributed by atoms with van der Waals surface area (Å²) < 4.78 is 0. The number of carbonyl (C=O) groups excluding carboxylic acids is 1. The van der Waals surface area contributed by atoms with Crippen LogP contribution in [-0.4, -0.2) is 26.8 Å². The summed E-state index contributed by atoms with van der Waals surface area (Å²) in [5, 5.41) is 33.4. The Labute approximate surface area is 130 Å². The molecule has 0 radical (unpaired) electrons. The Morgan fingerprint density at radius 1 is 1.17 bits per heavy atom. The van der Waals surface area contributed by atoms with E-state index in [-0.39, 0.29) is 22.7 Å². The number of amides is 1. The van der Waals surface area contributed by atoms with Gasteiger partial charge in [-0.2, -0.15) is 5.10 Å². The summed E-state index contributed by atoms with van der Waals surface area (Å²) in [7, 11) is 0. The van der Waals surface area contributed by atoms with Crippen molar-refractivity contribution in [2.75, 3.05) is 0 Å². The molecule has 3 N–H and O–H groups in total. The van der Waals surface area contributed by atoms with E-state index in [1.807, 2.05) is 0 Å². The highest BCUT2D eigenvalue weighted by molar-refractivity contribution is 6.01. The smallest absolute Gasteiger partial charge is 0.275 e. The van der Waals surface area contributed by atoms with Crippen LogP contribution in [0.3, 0.4) is 0 Å². The zero-order chi connectivity index (χ0) is 17.0. The maximum atomic E-state index is 12.0. The fourth-order valence-corrected chi connectivity index (χ4v) is 1.78. The molecule has 2 aromatic rings. The highest BCUT2D eigenvalue weighted by Gasteiger charge is 2.16. The number of aromatic hydroxyl groups is 2. The third-order valence-electron chi connectivity index (χ3n) is 3.05. The first kappa shape index (κ1) is 16.0. The average molecular weight is 315 g/mol. The maximum Gasteiger partial charge on any atom is 0.275 e. The second-order valence-electron chi connectivity index (χ2n) is 4.64. The van der Waals surface area contributed by atoms with Gasteiger partial charge in [-0.05, 0) is 42.8 Å². The van der Waals surface area contributed by atoms with Crippen LogP contribution in [0.4, 0.5) is 5.69 Å². The number of phenols is 2. The Balaban J connectivity index is 2.19. The van der Waals surface area contributed by atoms with Crippen LogP contribution in [0.15, 0.2) is 47.6 Å². The number of nitro benzene ring substituents is 1. The highest BCUT2D eigenvalue weighted by Crippen LogP contribution is 2.22. The molecule has 2 aromatic carbocycles. The standard InChI is InChI=1S/C15H13N3O5/c1-9(10-2-5-12(19)6-3-10)16-17-15(21)13-8-11(18(22)23)4-7-14(13)20/h2-8,19-20H,1H3,(H,17,21)/b16-9-. The number of nitro groups is 1. The Bertz CT molecular complexity index is 784. The molecule has 0 saturated heterocycles. The van der Waals surface area contributed by atoms with Gasteiger partial charge in [0.25, 0.3) is 11.6 Å². The number of benzene rings is 2. The Morgan fingerprint density at radius 3 is 2.43 bits per heavy atom. The van der Waals surface area contributed by atoms with Crippen molar-refractivity contribution in [3.8, 4) is 11.5 Å². The number of nitrogens with one attached hydrogen (secondary N) is 1. The molecule has 0 bridgehead atoms. The van der Waals surface area contributed by atoms with Gasteiger partial charge in [-0.3, -0.25) is 14.9 Å². The minimum absolute atomic E-state index is 0.104. The molecule has 0 heterocycles. The van der Waals surface area contributed by atoms with Crippen LogP contribution in [0.1, 0.15) is 22.8 Å². The summed E-state index contributed by atoms with van der Waals surface area (Å²) in [5.41, 5.74) is 2.80. The predicted octanol–water partition coefficient (Wildman–Crippen LogP) is 2.16. The molecule has 1 amide bonds. The van der Waals surface area contributed by atoms with Crippen molar-refractivity contribution in [3.05, 3.63) is 63.7 Å². The van der Waals surface area contributed by atoms with E-state index in [0.29, 0.717) is 11.3 Å². The molecule has 118 valence electrons. The third-order valence-corrected chi connectivity index (χ3v) is 3.05. The van der Waals surface area contributed by atoms with E-state index in [1.165, 1.54) is 12.1 Å². The average Bonchev–Trinajstić information content (AvgIpc) is 2.53. The molecular weight excluding hydrogens is 302 g/mol.